The molecular formula is C11H11NO2. The van der Waals surface area contributed by atoms with Crippen LogP contribution >= 0.6 is 0 Å². The van der Waals surface area contributed by atoms with E-state index in [1.165, 1.54) is 0 Å². The van der Waals surface area contributed by atoms with Gasteiger partial charge in [-0.1, -0.05) is 12.1 Å². The van der Waals surface area contributed by atoms with Crippen LogP contribution in [0.5, 0.6) is 0 Å². The van der Waals surface area contributed by atoms with Gasteiger partial charge in [0, 0.05) is 12.1 Å². The summed E-state index contributed by atoms with van der Waals surface area (Å²) in [6.07, 6.45) is 2.67. The largest absolute Gasteiger partial charge is 0.326 e. The number of aldehydes is 1. The van der Waals surface area contributed by atoms with Crippen LogP contribution in [0.1, 0.15) is 17.5 Å². The van der Waals surface area contributed by atoms with Crippen LogP contribution in [0.3, 0.4) is 0 Å². The van der Waals surface area contributed by atoms with Crippen LogP contribution in [0.2, 0.25) is 0 Å². The first kappa shape index (κ1) is 8.94. The van der Waals surface area contributed by atoms with E-state index in [1.807, 2.05) is 18.2 Å². The second-order valence-corrected chi connectivity index (χ2v) is 3.42. The molecule has 72 valence electrons. The number of nitrogens with one attached hydrogen (secondary N) is 1. The molecule has 0 aromatic heterocycles. The molecule has 0 saturated heterocycles. The first-order valence-corrected chi connectivity index (χ1v) is 4.65. The Morgan fingerprint density at radius 1 is 1.43 bits per heavy atom. The van der Waals surface area contributed by atoms with E-state index in [-0.39, 0.29) is 5.91 Å². The lowest BCUT2D eigenvalue weighted by Gasteiger charge is -2.01. The number of carbonyl (C=O) groups excluding carboxylic acids is 2. The highest BCUT2D eigenvalue weighted by Crippen LogP contribution is 2.24. The molecule has 1 amide bonds. The number of amides is 1. The Hall–Kier alpha value is -1.64. The van der Waals surface area contributed by atoms with Gasteiger partial charge in [0.25, 0.3) is 0 Å². The van der Waals surface area contributed by atoms with Gasteiger partial charge < -0.3 is 10.1 Å². The molecule has 1 aromatic rings. The Labute approximate surface area is 82.1 Å². The summed E-state index contributed by atoms with van der Waals surface area (Å²) in [5.41, 5.74) is 3.07. The zero-order valence-electron chi connectivity index (χ0n) is 7.75. The first-order valence-electron chi connectivity index (χ1n) is 4.65. The molecule has 0 unspecified atom stereocenters. The summed E-state index contributed by atoms with van der Waals surface area (Å²) in [5, 5.41) is 2.77. The van der Waals surface area contributed by atoms with E-state index < -0.39 is 0 Å². The van der Waals surface area contributed by atoms with E-state index in [0.29, 0.717) is 12.8 Å². The van der Waals surface area contributed by atoms with Gasteiger partial charge in [-0.3, -0.25) is 4.79 Å². The number of aryl methyl sites for hydroxylation is 1. The van der Waals surface area contributed by atoms with Gasteiger partial charge in [0.2, 0.25) is 5.91 Å². The van der Waals surface area contributed by atoms with E-state index in [4.69, 9.17) is 0 Å². The maximum atomic E-state index is 11.1. The highest BCUT2D eigenvalue weighted by atomic mass is 16.1. The molecule has 0 atom stereocenters. The van der Waals surface area contributed by atoms with Gasteiger partial charge in [0.05, 0.1) is 6.42 Å². The third-order valence-electron chi connectivity index (χ3n) is 2.35. The van der Waals surface area contributed by atoms with Crippen molar-refractivity contribution in [3.8, 4) is 0 Å². The summed E-state index contributed by atoms with van der Waals surface area (Å²) < 4.78 is 0. The van der Waals surface area contributed by atoms with Crippen molar-refractivity contribution in [2.45, 2.75) is 19.3 Å². The highest BCUT2D eigenvalue weighted by molar-refractivity contribution is 5.99. The zero-order chi connectivity index (χ0) is 9.97. The average molecular weight is 189 g/mol. The number of rotatable bonds is 3. The van der Waals surface area contributed by atoms with Gasteiger partial charge in [-0.05, 0) is 23.6 Å². The average Bonchev–Trinajstić information content (AvgIpc) is 2.54. The van der Waals surface area contributed by atoms with Gasteiger partial charge in [-0.2, -0.15) is 0 Å². The second kappa shape index (κ2) is 3.62. The summed E-state index contributed by atoms with van der Waals surface area (Å²) in [6.45, 7) is 0. The molecule has 1 N–H and O–H groups in total. The van der Waals surface area contributed by atoms with Crippen molar-refractivity contribution in [2.24, 2.45) is 0 Å². The molecular weight excluding hydrogens is 178 g/mol. The molecule has 0 fully saturated rings. The third kappa shape index (κ3) is 1.66. The molecule has 14 heavy (non-hydrogen) atoms. The smallest absolute Gasteiger partial charge is 0.228 e. The van der Waals surface area contributed by atoms with Crippen molar-refractivity contribution in [3.05, 3.63) is 29.3 Å². The van der Waals surface area contributed by atoms with Crippen LogP contribution in [-0.4, -0.2) is 12.2 Å². The standard InChI is InChI=1S/C11H11NO2/c13-5-1-2-8-3-4-10-9(6-8)7-11(14)12-10/h3-6H,1-2,7H2,(H,12,14). The minimum atomic E-state index is 0.0486. The summed E-state index contributed by atoms with van der Waals surface area (Å²) in [7, 11) is 0. The molecule has 0 radical (unpaired) electrons. The minimum Gasteiger partial charge on any atom is -0.326 e. The van der Waals surface area contributed by atoms with E-state index in [9.17, 15) is 9.59 Å². The fourth-order valence-corrected chi connectivity index (χ4v) is 1.66. The molecule has 3 nitrogen and oxygen atoms in total. The van der Waals surface area contributed by atoms with E-state index >= 15 is 0 Å². The number of benzene rings is 1. The molecule has 1 aromatic carbocycles. The SMILES string of the molecule is O=CCCc1ccc2c(c1)CC(=O)N2. The van der Waals surface area contributed by atoms with Gasteiger partial charge in [-0.15, -0.1) is 0 Å². The third-order valence-corrected chi connectivity index (χ3v) is 2.35. The molecule has 0 saturated carbocycles. The van der Waals surface area contributed by atoms with E-state index in [0.717, 1.165) is 29.5 Å². The lowest BCUT2D eigenvalue weighted by Crippen LogP contribution is -2.03. The summed E-state index contributed by atoms with van der Waals surface area (Å²) in [5.74, 6) is 0.0486. The van der Waals surface area contributed by atoms with Crippen molar-refractivity contribution >= 4 is 17.9 Å². The predicted octanol–water partition coefficient (Wildman–Crippen LogP) is 1.31. The van der Waals surface area contributed by atoms with Crippen LogP contribution in [-0.2, 0) is 22.4 Å². The first-order chi connectivity index (χ1) is 6.79. The predicted molar refractivity (Wildman–Crippen MR) is 53.2 cm³/mol. The van der Waals surface area contributed by atoms with Crippen molar-refractivity contribution in [3.63, 3.8) is 0 Å². The van der Waals surface area contributed by atoms with E-state index in [1.54, 1.807) is 0 Å². The topological polar surface area (TPSA) is 46.2 Å². The quantitative estimate of drug-likeness (QED) is 0.729. The Kier molecular flexibility index (Phi) is 2.31. The summed E-state index contributed by atoms with van der Waals surface area (Å²) >= 11 is 0. The lowest BCUT2D eigenvalue weighted by atomic mass is 10.1. The highest BCUT2D eigenvalue weighted by Gasteiger charge is 2.16. The lowest BCUT2D eigenvalue weighted by molar-refractivity contribution is -0.115. The Morgan fingerprint density at radius 3 is 3.07 bits per heavy atom. The van der Waals surface area contributed by atoms with Crippen LogP contribution in [0.25, 0.3) is 0 Å². The number of carbonyl (C=O) groups is 2. The fourth-order valence-electron chi connectivity index (χ4n) is 1.66. The number of anilines is 1. The Balaban J connectivity index is 2.19. The van der Waals surface area contributed by atoms with Gasteiger partial charge in [0.15, 0.2) is 0 Å². The molecule has 2 rings (SSSR count). The Bertz CT molecular complexity index is 385. The minimum absolute atomic E-state index is 0.0486. The second-order valence-electron chi connectivity index (χ2n) is 3.42. The molecule has 1 heterocycles. The van der Waals surface area contributed by atoms with Crippen molar-refractivity contribution in [1.29, 1.82) is 0 Å². The van der Waals surface area contributed by atoms with E-state index in [2.05, 4.69) is 5.32 Å². The van der Waals surface area contributed by atoms with Crippen LogP contribution in [0.15, 0.2) is 18.2 Å². The van der Waals surface area contributed by atoms with Crippen molar-refractivity contribution in [1.82, 2.24) is 0 Å². The van der Waals surface area contributed by atoms with Crippen LogP contribution in [0, 0.1) is 0 Å². The molecule has 1 aliphatic rings. The molecule has 0 bridgehead atoms. The van der Waals surface area contributed by atoms with Crippen molar-refractivity contribution < 1.29 is 9.59 Å². The Morgan fingerprint density at radius 2 is 2.29 bits per heavy atom. The number of hydrogen-bond acceptors (Lipinski definition) is 2. The molecule has 0 aliphatic carbocycles. The summed E-state index contributed by atoms with van der Waals surface area (Å²) in [6, 6.07) is 5.85. The van der Waals surface area contributed by atoms with Gasteiger partial charge >= 0.3 is 0 Å². The normalized spacial score (nSPS) is 13.6. The maximum absolute atomic E-state index is 11.1. The number of fused-ring (bicyclic) bond motifs is 1. The summed E-state index contributed by atoms with van der Waals surface area (Å²) in [4.78, 5) is 21.3. The van der Waals surface area contributed by atoms with Gasteiger partial charge in [0.1, 0.15) is 6.29 Å². The van der Waals surface area contributed by atoms with Crippen LogP contribution in [0.4, 0.5) is 5.69 Å². The monoisotopic (exact) mass is 189 g/mol. The molecule has 3 heteroatoms. The van der Waals surface area contributed by atoms with Crippen molar-refractivity contribution in [2.75, 3.05) is 5.32 Å². The van der Waals surface area contributed by atoms with Gasteiger partial charge in [-0.25, -0.2) is 0 Å². The number of hydrogen-bond donors (Lipinski definition) is 1. The maximum Gasteiger partial charge on any atom is 0.228 e. The zero-order valence-corrected chi connectivity index (χ0v) is 7.75. The molecule has 1 aliphatic heterocycles. The molecule has 0 spiro atoms. The van der Waals surface area contributed by atoms with Crippen LogP contribution < -0.4 is 5.32 Å². The fraction of sp³-hybridized carbons (Fsp3) is 0.273.